The van der Waals surface area contributed by atoms with E-state index in [0.717, 1.165) is 25.7 Å². The molecule has 1 heterocycles. The lowest BCUT2D eigenvalue weighted by atomic mass is 9.71. The highest BCUT2D eigenvalue weighted by Gasteiger charge is 2.50. The van der Waals surface area contributed by atoms with E-state index >= 15 is 0 Å². The zero-order valence-corrected chi connectivity index (χ0v) is 9.25. The van der Waals surface area contributed by atoms with Gasteiger partial charge in [-0.05, 0) is 31.0 Å². The zero-order chi connectivity index (χ0) is 10.2. The smallest absolute Gasteiger partial charge is 0.252 e. The summed E-state index contributed by atoms with van der Waals surface area (Å²) in [5.41, 5.74) is -0.371. The maximum absolute atomic E-state index is 11.9. The van der Waals surface area contributed by atoms with Crippen molar-refractivity contribution >= 4 is 23.2 Å². The van der Waals surface area contributed by atoms with Crippen molar-refractivity contribution in [3.05, 3.63) is 0 Å². The fourth-order valence-corrected chi connectivity index (χ4v) is 3.04. The molecule has 1 saturated carbocycles. The van der Waals surface area contributed by atoms with E-state index in [4.69, 9.17) is 12.2 Å². The Balaban J connectivity index is 2.26. The molecule has 2 atom stereocenters. The number of carbonyl (C=O) groups is 1. The van der Waals surface area contributed by atoms with E-state index in [2.05, 4.69) is 17.6 Å². The summed E-state index contributed by atoms with van der Waals surface area (Å²) in [6.45, 7) is 2.15. The SMILES string of the molecule is CCC1CCCCC12NC(=S)NC2=O. The molecule has 0 aromatic heterocycles. The molecule has 2 N–H and O–H groups in total. The third kappa shape index (κ3) is 1.32. The van der Waals surface area contributed by atoms with Crippen LogP contribution in [0.3, 0.4) is 0 Å². The number of thiocarbonyl (C=S) groups is 1. The van der Waals surface area contributed by atoms with E-state index in [0.29, 0.717) is 11.0 Å². The molecule has 14 heavy (non-hydrogen) atoms. The second kappa shape index (κ2) is 3.50. The van der Waals surface area contributed by atoms with E-state index in [1.165, 1.54) is 6.42 Å². The van der Waals surface area contributed by atoms with Crippen LogP contribution in [-0.2, 0) is 4.79 Å². The summed E-state index contributed by atoms with van der Waals surface area (Å²) < 4.78 is 0. The van der Waals surface area contributed by atoms with Crippen LogP contribution in [0.1, 0.15) is 39.0 Å². The minimum atomic E-state index is -0.371. The summed E-state index contributed by atoms with van der Waals surface area (Å²) >= 11 is 5.01. The Bertz CT molecular complexity index is 279. The molecule has 4 heteroatoms. The van der Waals surface area contributed by atoms with Gasteiger partial charge in [-0.2, -0.15) is 0 Å². The molecule has 0 aromatic rings. The number of rotatable bonds is 1. The Labute approximate surface area is 89.6 Å². The fourth-order valence-electron chi connectivity index (χ4n) is 2.77. The van der Waals surface area contributed by atoms with Gasteiger partial charge in [-0.3, -0.25) is 4.79 Å². The van der Waals surface area contributed by atoms with Crippen molar-refractivity contribution in [2.45, 2.75) is 44.6 Å². The lowest BCUT2D eigenvalue weighted by Gasteiger charge is -2.38. The van der Waals surface area contributed by atoms with Gasteiger partial charge in [-0.1, -0.05) is 26.2 Å². The molecule has 2 unspecified atom stereocenters. The highest BCUT2D eigenvalue weighted by Crippen LogP contribution is 2.37. The molecule has 78 valence electrons. The highest BCUT2D eigenvalue weighted by molar-refractivity contribution is 7.80. The molecular formula is C10H16N2OS. The van der Waals surface area contributed by atoms with Crippen LogP contribution in [0.5, 0.6) is 0 Å². The first kappa shape index (κ1) is 9.90. The molecular weight excluding hydrogens is 196 g/mol. The molecule has 3 nitrogen and oxygen atoms in total. The molecule has 0 aromatic carbocycles. The summed E-state index contributed by atoms with van der Waals surface area (Å²) in [4.78, 5) is 11.9. The van der Waals surface area contributed by atoms with Crippen LogP contribution in [0.15, 0.2) is 0 Å². The number of carbonyl (C=O) groups excluding carboxylic acids is 1. The quantitative estimate of drug-likeness (QED) is 0.644. The molecule has 2 aliphatic rings. The van der Waals surface area contributed by atoms with Crippen LogP contribution in [0.25, 0.3) is 0 Å². The number of nitrogens with one attached hydrogen (secondary N) is 2. The molecule has 2 rings (SSSR count). The van der Waals surface area contributed by atoms with Gasteiger partial charge in [-0.25, -0.2) is 0 Å². The second-order valence-electron chi connectivity index (χ2n) is 4.23. The van der Waals surface area contributed by atoms with Crippen molar-refractivity contribution in [2.75, 3.05) is 0 Å². The predicted octanol–water partition coefficient (Wildman–Crippen LogP) is 1.33. The first-order valence-corrected chi connectivity index (χ1v) is 5.73. The minimum absolute atomic E-state index is 0.0917. The van der Waals surface area contributed by atoms with Crippen LogP contribution in [0.2, 0.25) is 0 Å². The van der Waals surface area contributed by atoms with Crippen molar-refractivity contribution in [1.82, 2.24) is 10.6 Å². The van der Waals surface area contributed by atoms with Crippen molar-refractivity contribution in [1.29, 1.82) is 0 Å². The summed E-state index contributed by atoms with van der Waals surface area (Å²) in [6, 6.07) is 0. The molecule has 1 amide bonds. The second-order valence-corrected chi connectivity index (χ2v) is 4.64. The van der Waals surface area contributed by atoms with Crippen LogP contribution in [-0.4, -0.2) is 16.6 Å². The van der Waals surface area contributed by atoms with Crippen molar-refractivity contribution < 1.29 is 4.79 Å². The zero-order valence-electron chi connectivity index (χ0n) is 8.43. The van der Waals surface area contributed by atoms with Gasteiger partial charge in [0.2, 0.25) is 0 Å². The normalized spacial score (nSPS) is 37.1. The summed E-state index contributed by atoms with van der Waals surface area (Å²) in [5.74, 6) is 0.533. The fraction of sp³-hybridized carbons (Fsp3) is 0.800. The van der Waals surface area contributed by atoms with Gasteiger partial charge in [0.25, 0.3) is 5.91 Å². The van der Waals surface area contributed by atoms with Gasteiger partial charge in [0.05, 0.1) is 0 Å². The largest absolute Gasteiger partial charge is 0.348 e. The van der Waals surface area contributed by atoms with Crippen LogP contribution < -0.4 is 10.6 Å². The number of hydrogen-bond donors (Lipinski definition) is 2. The van der Waals surface area contributed by atoms with Gasteiger partial charge < -0.3 is 10.6 Å². The molecule has 1 aliphatic carbocycles. The lowest BCUT2D eigenvalue weighted by molar-refractivity contribution is -0.127. The Morgan fingerprint density at radius 2 is 2.36 bits per heavy atom. The highest BCUT2D eigenvalue weighted by atomic mass is 32.1. The Hall–Kier alpha value is -0.640. The van der Waals surface area contributed by atoms with E-state index in [1.54, 1.807) is 0 Å². The topological polar surface area (TPSA) is 41.1 Å². The Morgan fingerprint density at radius 3 is 2.93 bits per heavy atom. The van der Waals surface area contributed by atoms with Crippen molar-refractivity contribution in [3.8, 4) is 0 Å². The van der Waals surface area contributed by atoms with E-state index < -0.39 is 0 Å². The first-order chi connectivity index (χ1) is 6.69. The van der Waals surface area contributed by atoms with E-state index in [-0.39, 0.29) is 11.4 Å². The third-order valence-corrected chi connectivity index (χ3v) is 3.74. The van der Waals surface area contributed by atoms with E-state index in [9.17, 15) is 4.79 Å². The molecule has 0 bridgehead atoms. The third-order valence-electron chi connectivity index (χ3n) is 3.53. The summed E-state index contributed by atoms with van der Waals surface area (Å²) in [5, 5.41) is 6.42. The molecule has 2 fully saturated rings. The van der Waals surface area contributed by atoms with Gasteiger partial charge in [0.1, 0.15) is 5.54 Å². The van der Waals surface area contributed by atoms with Crippen molar-refractivity contribution in [3.63, 3.8) is 0 Å². The standard InChI is InChI=1S/C10H16N2OS/c1-2-7-5-3-4-6-10(7)8(13)11-9(14)12-10/h7H,2-6H2,1H3,(H2,11,12,13,14). The predicted molar refractivity (Wildman–Crippen MR) is 58.9 cm³/mol. The van der Waals surface area contributed by atoms with Crippen LogP contribution >= 0.6 is 12.2 Å². The average Bonchev–Trinajstić information content (AvgIpc) is 2.43. The van der Waals surface area contributed by atoms with Crippen molar-refractivity contribution in [2.24, 2.45) is 5.92 Å². The first-order valence-electron chi connectivity index (χ1n) is 5.32. The number of amides is 1. The maximum Gasteiger partial charge on any atom is 0.252 e. The minimum Gasteiger partial charge on any atom is -0.348 e. The summed E-state index contributed by atoms with van der Waals surface area (Å²) in [7, 11) is 0. The van der Waals surface area contributed by atoms with Gasteiger partial charge in [-0.15, -0.1) is 0 Å². The molecule has 1 spiro atoms. The van der Waals surface area contributed by atoms with Gasteiger partial charge >= 0.3 is 0 Å². The van der Waals surface area contributed by atoms with E-state index in [1.807, 2.05) is 0 Å². The molecule has 1 aliphatic heterocycles. The molecule has 0 radical (unpaired) electrons. The monoisotopic (exact) mass is 212 g/mol. The Kier molecular flexibility index (Phi) is 2.47. The van der Waals surface area contributed by atoms with Crippen LogP contribution in [0.4, 0.5) is 0 Å². The van der Waals surface area contributed by atoms with Gasteiger partial charge in [0, 0.05) is 0 Å². The average molecular weight is 212 g/mol. The summed E-state index contributed by atoms with van der Waals surface area (Å²) in [6.07, 6.45) is 5.47. The molecule has 1 saturated heterocycles. The number of hydrogen-bond acceptors (Lipinski definition) is 2. The lowest BCUT2D eigenvalue weighted by Crippen LogP contribution is -2.54. The Morgan fingerprint density at radius 1 is 1.57 bits per heavy atom. The van der Waals surface area contributed by atoms with Gasteiger partial charge in [0.15, 0.2) is 5.11 Å². The van der Waals surface area contributed by atoms with Crippen LogP contribution in [0, 0.1) is 5.92 Å². The maximum atomic E-state index is 11.9.